The molecule has 1 amide bonds. The Bertz CT molecular complexity index is 764. The molecule has 5 nitrogen and oxygen atoms in total. The Morgan fingerprint density at radius 3 is 2.19 bits per heavy atom. The summed E-state index contributed by atoms with van der Waals surface area (Å²) in [5, 5.41) is 2.53. The molecule has 27 heavy (non-hydrogen) atoms. The first kappa shape index (κ1) is 20.4. The lowest BCUT2D eigenvalue weighted by atomic mass is 9.87. The molecule has 1 N–H and O–H groups in total. The number of nitrogens with one attached hydrogen (secondary N) is 1. The van der Waals surface area contributed by atoms with Gasteiger partial charge in [0, 0.05) is 5.56 Å². The summed E-state index contributed by atoms with van der Waals surface area (Å²) in [6.07, 6.45) is 0. The summed E-state index contributed by atoms with van der Waals surface area (Å²) < 4.78 is 23.1. The van der Waals surface area contributed by atoms with Crippen molar-refractivity contribution in [3.8, 4) is 5.75 Å². The van der Waals surface area contributed by atoms with Crippen LogP contribution < -0.4 is 10.1 Å². The van der Waals surface area contributed by atoms with Crippen LogP contribution in [0, 0.1) is 5.82 Å². The van der Waals surface area contributed by atoms with E-state index in [0.717, 1.165) is 5.56 Å². The molecule has 0 bridgehead atoms. The molecule has 0 saturated carbocycles. The monoisotopic (exact) mass is 373 g/mol. The van der Waals surface area contributed by atoms with Gasteiger partial charge in [0.1, 0.15) is 31.3 Å². The Hall–Kier alpha value is -2.89. The Morgan fingerprint density at radius 1 is 0.963 bits per heavy atom. The van der Waals surface area contributed by atoms with E-state index in [9.17, 15) is 14.0 Å². The smallest absolute Gasteiger partial charge is 0.325 e. The molecule has 2 rings (SSSR count). The number of amides is 1. The molecule has 0 atom stereocenters. The van der Waals surface area contributed by atoms with Crippen molar-refractivity contribution in [3.63, 3.8) is 0 Å². The molecular formula is C21H24FNO4. The number of rotatable bonds is 7. The number of benzene rings is 2. The van der Waals surface area contributed by atoms with Gasteiger partial charge >= 0.3 is 5.97 Å². The summed E-state index contributed by atoms with van der Waals surface area (Å²) >= 11 is 0. The summed E-state index contributed by atoms with van der Waals surface area (Å²) in [6.45, 7) is 6.23. The van der Waals surface area contributed by atoms with E-state index in [-0.39, 0.29) is 36.9 Å². The second-order valence-electron chi connectivity index (χ2n) is 7.03. The predicted octanol–water partition coefficient (Wildman–Crippen LogP) is 3.48. The first-order chi connectivity index (χ1) is 12.8. The largest absolute Gasteiger partial charge is 0.490 e. The van der Waals surface area contributed by atoms with E-state index < -0.39 is 5.97 Å². The Kier molecular flexibility index (Phi) is 6.93. The molecule has 2 aromatic rings. The molecular weight excluding hydrogens is 349 g/mol. The standard InChI is InChI=1S/C21H24FNO4/c1-21(2,3)16-6-4-15(5-7-16)20(25)23-14-19(24)27-13-12-26-18-10-8-17(22)9-11-18/h4-11H,12-14H2,1-3H3,(H,23,25). The fraction of sp³-hybridized carbons (Fsp3) is 0.333. The topological polar surface area (TPSA) is 64.6 Å². The maximum Gasteiger partial charge on any atom is 0.325 e. The van der Waals surface area contributed by atoms with Gasteiger partial charge in [0.25, 0.3) is 5.91 Å². The van der Waals surface area contributed by atoms with E-state index in [1.165, 1.54) is 24.3 Å². The third-order valence-corrected chi connectivity index (χ3v) is 3.84. The van der Waals surface area contributed by atoms with Gasteiger partial charge in [0.05, 0.1) is 0 Å². The van der Waals surface area contributed by atoms with Crippen molar-refractivity contribution >= 4 is 11.9 Å². The molecule has 144 valence electrons. The highest BCUT2D eigenvalue weighted by molar-refractivity contribution is 5.95. The lowest BCUT2D eigenvalue weighted by Gasteiger charge is -2.19. The summed E-state index contributed by atoms with van der Waals surface area (Å²) in [4.78, 5) is 23.8. The number of esters is 1. The zero-order valence-electron chi connectivity index (χ0n) is 15.8. The maximum atomic E-state index is 12.8. The van der Waals surface area contributed by atoms with E-state index in [0.29, 0.717) is 11.3 Å². The normalized spacial score (nSPS) is 11.0. The molecule has 0 radical (unpaired) electrons. The third-order valence-electron chi connectivity index (χ3n) is 3.84. The van der Waals surface area contributed by atoms with Crippen LogP contribution in [-0.4, -0.2) is 31.6 Å². The highest BCUT2D eigenvalue weighted by Gasteiger charge is 2.14. The van der Waals surface area contributed by atoms with Crippen LogP contribution in [0.3, 0.4) is 0 Å². The van der Waals surface area contributed by atoms with Crippen LogP contribution in [0.1, 0.15) is 36.7 Å². The lowest BCUT2D eigenvalue weighted by Crippen LogP contribution is -2.31. The van der Waals surface area contributed by atoms with Crippen molar-refractivity contribution in [1.29, 1.82) is 0 Å². The minimum Gasteiger partial charge on any atom is -0.490 e. The molecule has 0 spiro atoms. The Balaban J connectivity index is 1.68. The van der Waals surface area contributed by atoms with Crippen LogP contribution in [0.25, 0.3) is 0 Å². The second kappa shape index (κ2) is 9.16. The summed E-state index contributed by atoms with van der Waals surface area (Å²) in [5.74, 6) is -0.760. The maximum absolute atomic E-state index is 12.8. The zero-order valence-corrected chi connectivity index (χ0v) is 15.8. The van der Waals surface area contributed by atoms with Gasteiger partial charge in [-0.1, -0.05) is 32.9 Å². The second-order valence-corrected chi connectivity index (χ2v) is 7.03. The number of ether oxygens (including phenoxy) is 2. The van der Waals surface area contributed by atoms with Gasteiger partial charge in [-0.05, 0) is 47.4 Å². The molecule has 0 aliphatic heterocycles. The average Bonchev–Trinajstić information content (AvgIpc) is 2.64. The highest BCUT2D eigenvalue weighted by atomic mass is 19.1. The van der Waals surface area contributed by atoms with Crippen LogP contribution in [0.2, 0.25) is 0 Å². The van der Waals surface area contributed by atoms with Crippen LogP contribution in [0.4, 0.5) is 4.39 Å². The van der Waals surface area contributed by atoms with Crippen LogP contribution >= 0.6 is 0 Å². The van der Waals surface area contributed by atoms with Crippen molar-refractivity contribution in [1.82, 2.24) is 5.32 Å². The SMILES string of the molecule is CC(C)(C)c1ccc(C(=O)NCC(=O)OCCOc2ccc(F)cc2)cc1. The van der Waals surface area contributed by atoms with E-state index in [1.54, 1.807) is 12.1 Å². The van der Waals surface area contributed by atoms with Gasteiger partial charge < -0.3 is 14.8 Å². The molecule has 6 heteroatoms. The van der Waals surface area contributed by atoms with Gasteiger partial charge in [0.2, 0.25) is 0 Å². The molecule has 0 unspecified atom stereocenters. The predicted molar refractivity (Wildman–Crippen MR) is 100 cm³/mol. The van der Waals surface area contributed by atoms with Crippen molar-refractivity contribution in [3.05, 3.63) is 65.5 Å². The number of hydrogen-bond acceptors (Lipinski definition) is 4. The highest BCUT2D eigenvalue weighted by Crippen LogP contribution is 2.22. The van der Waals surface area contributed by atoms with Gasteiger partial charge in [-0.2, -0.15) is 0 Å². The van der Waals surface area contributed by atoms with Gasteiger partial charge in [0.15, 0.2) is 0 Å². The van der Waals surface area contributed by atoms with Gasteiger partial charge in [-0.15, -0.1) is 0 Å². The summed E-state index contributed by atoms with van der Waals surface area (Å²) in [5.41, 5.74) is 1.62. The molecule has 0 heterocycles. The fourth-order valence-electron chi connectivity index (χ4n) is 2.27. The molecule has 0 saturated heterocycles. The van der Waals surface area contributed by atoms with E-state index in [4.69, 9.17) is 9.47 Å². The number of hydrogen-bond donors (Lipinski definition) is 1. The quantitative estimate of drug-likeness (QED) is 0.596. The van der Waals surface area contributed by atoms with Crippen molar-refractivity contribution in [2.75, 3.05) is 19.8 Å². The minimum atomic E-state index is -0.558. The van der Waals surface area contributed by atoms with Crippen molar-refractivity contribution in [2.45, 2.75) is 26.2 Å². The van der Waals surface area contributed by atoms with E-state index in [2.05, 4.69) is 26.1 Å². The summed E-state index contributed by atoms with van der Waals surface area (Å²) in [6, 6.07) is 12.8. The molecule has 2 aromatic carbocycles. The fourth-order valence-corrected chi connectivity index (χ4v) is 2.27. The molecule has 0 aliphatic rings. The van der Waals surface area contributed by atoms with Gasteiger partial charge in [-0.3, -0.25) is 9.59 Å². The Morgan fingerprint density at radius 2 is 1.59 bits per heavy atom. The van der Waals surface area contributed by atoms with E-state index in [1.807, 2.05) is 12.1 Å². The van der Waals surface area contributed by atoms with Crippen LogP contribution in [-0.2, 0) is 14.9 Å². The first-order valence-electron chi connectivity index (χ1n) is 8.68. The summed E-state index contributed by atoms with van der Waals surface area (Å²) in [7, 11) is 0. The van der Waals surface area contributed by atoms with Crippen molar-refractivity contribution < 1.29 is 23.5 Å². The van der Waals surface area contributed by atoms with Crippen molar-refractivity contribution in [2.24, 2.45) is 0 Å². The third kappa shape index (κ3) is 6.73. The number of halogens is 1. The first-order valence-corrected chi connectivity index (χ1v) is 8.68. The van der Waals surface area contributed by atoms with Crippen LogP contribution in [0.5, 0.6) is 5.75 Å². The number of carbonyl (C=O) groups excluding carboxylic acids is 2. The molecule has 0 aliphatic carbocycles. The molecule has 0 aromatic heterocycles. The average molecular weight is 373 g/mol. The lowest BCUT2D eigenvalue weighted by molar-refractivity contribution is -0.143. The van der Waals surface area contributed by atoms with Gasteiger partial charge in [-0.25, -0.2) is 4.39 Å². The van der Waals surface area contributed by atoms with E-state index >= 15 is 0 Å². The van der Waals surface area contributed by atoms with Crippen LogP contribution in [0.15, 0.2) is 48.5 Å². The molecule has 0 fully saturated rings. The minimum absolute atomic E-state index is 0.00873. The zero-order chi connectivity index (χ0) is 19.9. The Labute approximate surface area is 158 Å². The number of carbonyl (C=O) groups is 2.